The fourth-order valence-corrected chi connectivity index (χ4v) is 9.52. The van der Waals surface area contributed by atoms with Gasteiger partial charge in [0.05, 0.1) is 35.8 Å². The molecule has 1 aromatic rings. The summed E-state index contributed by atoms with van der Waals surface area (Å²) in [6.07, 6.45) is 10.5. The first-order valence-corrected chi connectivity index (χ1v) is 15.8. The maximum absolute atomic E-state index is 14.6. The van der Waals surface area contributed by atoms with Crippen molar-refractivity contribution in [3.05, 3.63) is 48.6 Å². The molecule has 0 aromatic heterocycles. The van der Waals surface area contributed by atoms with E-state index in [0.29, 0.717) is 26.1 Å². The van der Waals surface area contributed by atoms with Gasteiger partial charge in [-0.3, -0.25) is 14.4 Å². The maximum Gasteiger partial charge on any atom is 0.247 e. The highest BCUT2D eigenvalue weighted by Gasteiger charge is 2.74. The van der Waals surface area contributed by atoms with E-state index in [4.69, 9.17) is 4.74 Å². The average Bonchev–Trinajstić information content (AvgIpc) is 3.22. The van der Waals surface area contributed by atoms with Crippen LogP contribution in [-0.4, -0.2) is 86.6 Å². The first-order valence-electron chi connectivity index (χ1n) is 15.0. The number of hydrogen-bond donors (Lipinski definition) is 1. The van der Waals surface area contributed by atoms with Crippen LogP contribution in [0.1, 0.15) is 53.9 Å². The minimum atomic E-state index is -0.918. The molecule has 4 aliphatic heterocycles. The summed E-state index contributed by atoms with van der Waals surface area (Å²) in [7, 11) is 0. The number of fused-ring (bicyclic) bond motifs is 2. The van der Waals surface area contributed by atoms with Crippen molar-refractivity contribution >= 4 is 35.2 Å². The molecule has 7 atom stereocenters. The molecule has 0 aliphatic carbocycles. The van der Waals surface area contributed by atoms with Gasteiger partial charge >= 0.3 is 0 Å². The average molecular weight is 582 g/mol. The number of ether oxygens (including phenoxy) is 1. The Labute approximate surface area is 247 Å². The second-order valence-electron chi connectivity index (χ2n) is 11.8. The van der Waals surface area contributed by atoms with Gasteiger partial charge in [-0.25, -0.2) is 0 Å². The van der Waals surface area contributed by atoms with Gasteiger partial charge in [0.15, 0.2) is 0 Å². The van der Waals surface area contributed by atoms with E-state index in [2.05, 4.69) is 19.9 Å². The summed E-state index contributed by atoms with van der Waals surface area (Å²) in [4.78, 5) is 48.9. The molecule has 0 radical (unpaired) electrons. The molecule has 0 bridgehead atoms. The molecule has 2 unspecified atom stereocenters. The van der Waals surface area contributed by atoms with Gasteiger partial charge in [-0.15, -0.1) is 11.8 Å². The fourth-order valence-electron chi connectivity index (χ4n) is 7.38. The summed E-state index contributed by atoms with van der Waals surface area (Å²) in [5.74, 6) is -1.10. The lowest BCUT2D eigenvalue weighted by Crippen LogP contribution is -2.57. The molecule has 0 saturated carbocycles. The lowest BCUT2D eigenvalue weighted by molar-refractivity contribution is -0.146. The van der Waals surface area contributed by atoms with E-state index in [9.17, 15) is 19.5 Å². The van der Waals surface area contributed by atoms with E-state index >= 15 is 0 Å². The van der Waals surface area contributed by atoms with Crippen molar-refractivity contribution in [2.45, 2.75) is 81.5 Å². The van der Waals surface area contributed by atoms with Crippen LogP contribution in [0.25, 0.3) is 0 Å². The number of aliphatic hydroxyl groups is 1. The highest BCUT2D eigenvalue weighted by molar-refractivity contribution is 8.02. The van der Waals surface area contributed by atoms with Crippen molar-refractivity contribution in [3.63, 3.8) is 0 Å². The van der Waals surface area contributed by atoms with Crippen molar-refractivity contribution in [3.8, 4) is 5.75 Å². The van der Waals surface area contributed by atoms with Crippen LogP contribution in [0.4, 0.5) is 5.69 Å². The number of nitrogens with zero attached hydrogens (tertiary/aromatic N) is 3. The highest BCUT2D eigenvalue weighted by atomic mass is 32.2. The van der Waals surface area contributed by atoms with E-state index in [0.717, 1.165) is 24.3 Å². The Bertz CT molecular complexity index is 1230. The van der Waals surface area contributed by atoms with E-state index in [1.807, 2.05) is 68.2 Å². The third-order valence-corrected chi connectivity index (χ3v) is 11.1. The van der Waals surface area contributed by atoms with Crippen LogP contribution in [0.15, 0.2) is 48.6 Å². The van der Waals surface area contributed by atoms with Crippen molar-refractivity contribution in [2.24, 2.45) is 11.8 Å². The van der Waals surface area contributed by atoms with Crippen LogP contribution in [0.2, 0.25) is 0 Å². The number of hydrogen-bond acceptors (Lipinski definition) is 6. The standard InChI is InChI=1S/C32H43N3O5S/c1-6-11-21(4)33-18-10-17-32-26(29(38)35(22(7-2)20-36)27(32)30(33)39)25-28(37)34(19-9-16-31(25,5)41-32)23-12-14-24(15-13-23)40-8-3/h9-10,12-17,21-22,25-27,36H,6-8,11,18-20H2,1-5H3/t21?,22-,25+,26-,27?,31-,32-/m0/s1. The Kier molecular flexibility index (Phi) is 8.32. The first-order chi connectivity index (χ1) is 19.7. The largest absolute Gasteiger partial charge is 0.494 e. The Morgan fingerprint density at radius 3 is 2.34 bits per heavy atom. The number of carbonyl (C=O) groups is 3. The second kappa shape index (κ2) is 11.5. The van der Waals surface area contributed by atoms with Crippen LogP contribution in [-0.2, 0) is 14.4 Å². The highest BCUT2D eigenvalue weighted by Crippen LogP contribution is 2.66. The molecule has 9 heteroatoms. The Morgan fingerprint density at radius 2 is 1.71 bits per heavy atom. The molecule has 8 nitrogen and oxygen atoms in total. The van der Waals surface area contributed by atoms with Crippen LogP contribution in [0, 0.1) is 11.8 Å². The molecule has 1 N–H and O–H groups in total. The summed E-state index contributed by atoms with van der Waals surface area (Å²) in [6, 6.07) is 6.20. The molecule has 3 amide bonds. The van der Waals surface area contributed by atoms with Crippen LogP contribution >= 0.6 is 11.8 Å². The Hall–Kier alpha value is -2.78. The van der Waals surface area contributed by atoms with Crippen molar-refractivity contribution in [1.82, 2.24) is 9.80 Å². The number of aliphatic hydroxyl groups excluding tert-OH is 1. The molecule has 1 aromatic carbocycles. The van der Waals surface area contributed by atoms with Crippen LogP contribution in [0.5, 0.6) is 5.75 Å². The number of carbonyl (C=O) groups excluding carboxylic acids is 3. The molecule has 4 heterocycles. The minimum Gasteiger partial charge on any atom is -0.494 e. The summed E-state index contributed by atoms with van der Waals surface area (Å²) in [5.41, 5.74) is 0.742. The molecule has 222 valence electrons. The molecule has 1 spiro atoms. The van der Waals surface area contributed by atoms with Gasteiger partial charge in [0.25, 0.3) is 0 Å². The third kappa shape index (κ3) is 4.69. The number of amides is 3. The zero-order valence-electron chi connectivity index (χ0n) is 24.8. The van der Waals surface area contributed by atoms with Gasteiger partial charge in [0.1, 0.15) is 11.8 Å². The zero-order valence-corrected chi connectivity index (χ0v) is 25.6. The fraction of sp³-hybridized carbons (Fsp3) is 0.594. The number of anilines is 1. The summed E-state index contributed by atoms with van der Waals surface area (Å²) in [5, 5.41) is 10.4. The van der Waals surface area contributed by atoms with Gasteiger partial charge in [-0.05, 0) is 57.9 Å². The summed E-state index contributed by atoms with van der Waals surface area (Å²) >= 11 is 1.58. The van der Waals surface area contributed by atoms with E-state index in [1.54, 1.807) is 21.6 Å². The number of thioether (sulfide) groups is 1. The molecule has 4 aliphatic rings. The van der Waals surface area contributed by atoms with Crippen molar-refractivity contribution in [1.29, 1.82) is 0 Å². The van der Waals surface area contributed by atoms with Gasteiger partial charge < -0.3 is 24.5 Å². The van der Waals surface area contributed by atoms with Gasteiger partial charge in [-0.2, -0.15) is 0 Å². The second-order valence-corrected chi connectivity index (χ2v) is 13.6. The lowest BCUT2D eigenvalue weighted by atomic mass is 9.74. The predicted molar refractivity (Wildman–Crippen MR) is 162 cm³/mol. The first kappa shape index (κ1) is 29.7. The molecular formula is C32H43N3O5S. The van der Waals surface area contributed by atoms with Crippen LogP contribution in [0.3, 0.4) is 0 Å². The van der Waals surface area contributed by atoms with E-state index in [-0.39, 0.29) is 30.4 Å². The topological polar surface area (TPSA) is 90.4 Å². The third-order valence-electron chi connectivity index (χ3n) is 9.30. The Balaban J connectivity index is 1.61. The smallest absolute Gasteiger partial charge is 0.247 e. The van der Waals surface area contributed by atoms with Gasteiger partial charge in [0, 0.05) is 29.6 Å². The predicted octanol–water partition coefficient (Wildman–Crippen LogP) is 4.03. The van der Waals surface area contributed by atoms with Crippen LogP contribution < -0.4 is 9.64 Å². The molecule has 41 heavy (non-hydrogen) atoms. The molecule has 2 fully saturated rings. The summed E-state index contributed by atoms with van der Waals surface area (Å²) < 4.78 is 4.00. The summed E-state index contributed by atoms with van der Waals surface area (Å²) in [6.45, 7) is 11.2. The molecular weight excluding hydrogens is 538 g/mol. The SMILES string of the molecule is CCCC(C)N1CC=C[C@]23S[C@@]4(C)C=CCN(c5ccc(OCC)cc5)C(=O)[C@H]4[C@H]2C(=O)N([C@@H](CC)CO)C3C1=O. The van der Waals surface area contributed by atoms with E-state index < -0.39 is 33.4 Å². The van der Waals surface area contributed by atoms with Crippen molar-refractivity contribution in [2.75, 3.05) is 31.2 Å². The van der Waals surface area contributed by atoms with Gasteiger partial charge in [0.2, 0.25) is 17.7 Å². The number of likely N-dealkylation sites (tertiary alicyclic amines) is 1. The molecule has 5 rings (SSSR count). The monoisotopic (exact) mass is 581 g/mol. The lowest BCUT2D eigenvalue weighted by Gasteiger charge is -2.40. The normalized spacial score (nSPS) is 32.4. The number of benzene rings is 1. The zero-order chi connectivity index (χ0) is 29.5. The van der Waals surface area contributed by atoms with Crippen molar-refractivity contribution < 1.29 is 24.2 Å². The Morgan fingerprint density at radius 1 is 1.00 bits per heavy atom. The number of rotatable bonds is 9. The van der Waals surface area contributed by atoms with Gasteiger partial charge in [-0.1, -0.05) is 44.6 Å². The molecule has 2 saturated heterocycles. The van der Waals surface area contributed by atoms with E-state index in [1.165, 1.54) is 0 Å². The minimum absolute atomic E-state index is 0.0154. The quantitative estimate of drug-likeness (QED) is 0.443. The maximum atomic E-state index is 14.6.